The minimum absolute atomic E-state index is 0.112. The Balaban J connectivity index is 2.26. The molecule has 1 atom stereocenters. The Kier molecular flexibility index (Phi) is 2.80. The van der Waals surface area contributed by atoms with Crippen LogP contribution in [-0.2, 0) is 0 Å². The summed E-state index contributed by atoms with van der Waals surface area (Å²) in [6, 6.07) is 6.27. The first-order valence-electron chi connectivity index (χ1n) is 5.76. The van der Waals surface area contributed by atoms with E-state index in [1.165, 1.54) is 5.56 Å². The minimum Gasteiger partial charge on any atom is -0.493 e. The molecule has 2 rings (SSSR count). The van der Waals surface area contributed by atoms with Crippen LogP contribution in [0, 0.1) is 0 Å². The van der Waals surface area contributed by atoms with Gasteiger partial charge in [-0.05, 0) is 26.8 Å². The van der Waals surface area contributed by atoms with Gasteiger partial charge in [-0.25, -0.2) is 0 Å². The first kappa shape index (κ1) is 11.3. The van der Waals surface area contributed by atoms with Crippen LogP contribution < -0.4 is 15.8 Å². The molecule has 3 N–H and O–H groups in total. The molecule has 1 aliphatic heterocycles. The van der Waals surface area contributed by atoms with Crippen molar-refractivity contribution in [3.63, 3.8) is 0 Å². The second kappa shape index (κ2) is 3.98. The van der Waals surface area contributed by atoms with Gasteiger partial charge in [-0.1, -0.05) is 6.07 Å². The van der Waals surface area contributed by atoms with Crippen LogP contribution in [0.25, 0.3) is 0 Å². The monoisotopic (exact) mass is 220 g/mol. The van der Waals surface area contributed by atoms with Crippen LogP contribution in [-0.4, -0.2) is 12.1 Å². The number of rotatable bonds is 1. The lowest BCUT2D eigenvalue weighted by molar-refractivity contribution is 0.231. The summed E-state index contributed by atoms with van der Waals surface area (Å²) >= 11 is 0. The maximum atomic E-state index is 5.75. The molecule has 88 valence electrons. The molecule has 0 radical (unpaired) electrons. The highest BCUT2D eigenvalue weighted by Crippen LogP contribution is 2.34. The normalized spacial score (nSPS) is 20.1. The first-order chi connectivity index (χ1) is 7.46. The molecule has 1 aliphatic rings. The predicted octanol–water partition coefficient (Wildman–Crippen LogP) is 2.48. The fraction of sp³-hybridized carbons (Fsp3) is 0.538. The molecule has 0 saturated heterocycles. The number of nitrogens with two attached hydrogens (primary N) is 1. The van der Waals surface area contributed by atoms with Gasteiger partial charge in [0.2, 0.25) is 0 Å². The molecule has 0 spiro atoms. The third kappa shape index (κ3) is 2.47. The summed E-state index contributed by atoms with van der Waals surface area (Å²) < 4.78 is 5.63. The Bertz CT molecular complexity index is 382. The largest absolute Gasteiger partial charge is 0.493 e. The van der Waals surface area contributed by atoms with Gasteiger partial charge in [-0.2, -0.15) is 0 Å². The molecule has 1 aromatic carbocycles. The zero-order valence-electron chi connectivity index (χ0n) is 10.2. The van der Waals surface area contributed by atoms with E-state index >= 15 is 0 Å². The zero-order valence-corrected chi connectivity index (χ0v) is 10.2. The van der Waals surface area contributed by atoms with Crippen LogP contribution in [0.1, 0.15) is 38.8 Å². The summed E-state index contributed by atoms with van der Waals surface area (Å²) in [5.74, 6) is 0.924. The van der Waals surface area contributed by atoms with E-state index in [1.54, 1.807) is 0 Å². The third-order valence-electron chi connectivity index (χ3n) is 2.68. The van der Waals surface area contributed by atoms with E-state index in [4.69, 9.17) is 10.5 Å². The van der Waals surface area contributed by atoms with Crippen LogP contribution >= 0.6 is 0 Å². The van der Waals surface area contributed by atoms with Gasteiger partial charge in [0.1, 0.15) is 5.75 Å². The molecule has 1 aromatic rings. The Morgan fingerprint density at radius 1 is 1.38 bits per heavy atom. The maximum absolute atomic E-state index is 5.75. The van der Waals surface area contributed by atoms with Crippen molar-refractivity contribution in [2.75, 3.05) is 12.3 Å². The fourth-order valence-electron chi connectivity index (χ4n) is 2.08. The summed E-state index contributed by atoms with van der Waals surface area (Å²) in [4.78, 5) is 0. The average Bonchev–Trinajstić information content (AvgIpc) is 2.15. The lowest BCUT2D eigenvalue weighted by Crippen LogP contribution is -2.40. The second-order valence-corrected chi connectivity index (χ2v) is 5.38. The molecule has 0 aliphatic carbocycles. The first-order valence-corrected chi connectivity index (χ1v) is 5.76. The average molecular weight is 220 g/mol. The van der Waals surface area contributed by atoms with Crippen molar-refractivity contribution >= 4 is 5.69 Å². The summed E-state index contributed by atoms with van der Waals surface area (Å²) in [5.41, 5.74) is 7.84. The van der Waals surface area contributed by atoms with Crippen LogP contribution in [0.3, 0.4) is 0 Å². The van der Waals surface area contributed by atoms with E-state index in [1.807, 2.05) is 12.1 Å². The van der Waals surface area contributed by atoms with Gasteiger partial charge in [0.05, 0.1) is 6.61 Å². The topological polar surface area (TPSA) is 47.3 Å². The SMILES string of the molecule is CC(C)(C)NC1CCOc2cc(N)ccc21. The number of benzene rings is 1. The molecule has 0 saturated carbocycles. The zero-order chi connectivity index (χ0) is 11.8. The van der Waals surface area contributed by atoms with Crippen molar-refractivity contribution in [3.8, 4) is 5.75 Å². The van der Waals surface area contributed by atoms with Crippen molar-refractivity contribution in [3.05, 3.63) is 23.8 Å². The van der Waals surface area contributed by atoms with E-state index in [2.05, 4.69) is 32.2 Å². The molecule has 0 aromatic heterocycles. The summed E-state index contributed by atoms with van der Waals surface area (Å²) in [7, 11) is 0. The van der Waals surface area contributed by atoms with Gasteiger partial charge in [0.15, 0.2) is 0 Å². The lowest BCUT2D eigenvalue weighted by atomic mass is 9.96. The Morgan fingerprint density at radius 3 is 2.81 bits per heavy atom. The number of nitrogen functional groups attached to an aromatic ring is 1. The predicted molar refractivity (Wildman–Crippen MR) is 66.6 cm³/mol. The summed E-state index contributed by atoms with van der Waals surface area (Å²) in [6.07, 6.45) is 1.01. The number of nitrogens with one attached hydrogen (secondary N) is 1. The van der Waals surface area contributed by atoms with Gasteiger partial charge >= 0.3 is 0 Å². The summed E-state index contributed by atoms with van der Waals surface area (Å²) in [6.45, 7) is 7.29. The van der Waals surface area contributed by atoms with Crippen LogP contribution in [0.15, 0.2) is 18.2 Å². The molecule has 0 fully saturated rings. The van der Waals surface area contributed by atoms with E-state index in [9.17, 15) is 0 Å². The van der Waals surface area contributed by atoms with Crippen molar-refractivity contribution in [2.24, 2.45) is 0 Å². The van der Waals surface area contributed by atoms with Crippen LogP contribution in [0.4, 0.5) is 5.69 Å². The van der Waals surface area contributed by atoms with E-state index in [0.29, 0.717) is 6.04 Å². The van der Waals surface area contributed by atoms with Crippen molar-refractivity contribution in [1.82, 2.24) is 5.32 Å². The standard InChI is InChI=1S/C13H20N2O/c1-13(2,3)15-11-6-7-16-12-8-9(14)4-5-10(11)12/h4-5,8,11,15H,6-7,14H2,1-3H3. The smallest absolute Gasteiger partial charge is 0.126 e. The Labute approximate surface area is 97.0 Å². The molecule has 3 heteroatoms. The van der Waals surface area contributed by atoms with Crippen molar-refractivity contribution < 1.29 is 4.74 Å². The fourth-order valence-corrected chi connectivity index (χ4v) is 2.08. The lowest BCUT2D eigenvalue weighted by Gasteiger charge is -2.33. The minimum atomic E-state index is 0.112. The highest BCUT2D eigenvalue weighted by Gasteiger charge is 2.24. The highest BCUT2D eigenvalue weighted by molar-refractivity contribution is 5.50. The van der Waals surface area contributed by atoms with E-state index in [0.717, 1.165) is 24.5 Å². The second-order valence-electron chi connectivity index (χ2n) is 5.38. The van der Waals surface area contributed by atoms with Crippen molar-refractivity contribution in [2.45, 2.75) is 38.8 Å². The highest BCUT2D eigenvalue weighted by atomic mass is 16.5. The molecule has 1 heterocycles. The van der Waals surface area contributed by atoms with Crippen LogP contribution in [0.2, 0.25) is 0 Å². The molecule has 3 nitrogen and oxygen atoms in total. The van der Waals surface area contributed by atoms with Gasteiger partial charge < -0.3 is 15.8 Å². The number of hydrogen-bond donors (Lipinski definition) is 2. The molecule has 1 unspecified atom stereocenters. The molecule has 16 heavy (non-hydrogen) atoms. The Hall–Kier alpha value is -1.22. The van der Waals surface area contributed by atoms with Gasteiger partial charge in [-0.3, -0.25) is 0 Å². The van der Waals surface area contributed by atoms with Crippen molar-refractivity contribution in [1.29, 1.82) is 0 Å². The van der Waals surface area contributed by atoms with Gasteiger partial charge in [0.25, 0.3) is 0 Å². The van der Waals surface area contributed by atoms with Crippen LogP contribution in [0.5, 0.6) is 5.75 Å². The van der Waals surface area contributed by atoms with Gasteiger partial charge in [-0.15, -0.1) is 0 Å². The molecular formula is C13H20N2O. The van der Waals surface area contributed by atoms with Gasteiger partial charge in [0, 0.05) is 35.3 Å². The Morgan fingerprint density at radius 2 is 2.12 bits per heavy atom. The summed E-state index contributed by atoms with van der Waals surface area (Å²) in [5, 5.41) is 3.61. The quantitative estimate of drug-likeness (QED) is 0.715. The molecule has 0 bridgehead atoms. The number of hydrogen-bond acceptors (Lipinski definition) is 3. The third-order valence-corrected chi connectivity index (χ3v) is 2.68. The van der Waals surface area contributed by atoms with E-state index < -0.39 is 0 Å². The maximum Gasteiger partial charge on any atom is 0.126 e. The number of fused-ring (bicyclic) bond motifs is 1. The van der Waals surface area contributed by atoms with E-state index in [-0.39, 0.29) is 5.54 Å². The molecule has 0 amide bonds. The number of anilines is 1. The number of ether oxygens (including phenoxy) is 1. The molecular weight excluding hydrogens is 200 g/mol.